The molecule has 2 fully saturated rings. The van der Waals surface area contributed by atoms with E-state index < -0.39 is 0 Å². The average Bonchev–Trinajstić information content (AvgIpc) is 2.94. The number of carbonyl (C=O) groups excluding carboxylic acids is 1. The van der Waals surface area contributed by atoms with Crippen LogP contribution in [0.3, 0.4) is 0 Å². The molecule has 0 aromatic heterocycles. The molecule has 1 aromatic carbocycles. The molecule has 0 radical (unpaired) electrons. The Bertz CT molecular complexity index is 517. The van der Waals surface area contributed by atoms with Crippen molar-refractivity contribution in [3.05, 3.63) is 34.9 Å². The number of amides is 1. The van der Waals surface area contributed by atoms with Gasteiger partial charge in [0.15, 0.2) is 0 Å². The molecule has 2 heterocycles. The highest BCUT2D eigenvalue weighted by Gasteiger charge is 2.32. The number of hydrogen-bond acceptors (Lipinski definition) is 3. The van der Waals surface area contributed by atoms with Crippen LogP contribution in [0.25, 0.3) is 0 Å². The number of carbonyl (C=O) groups is 1. The first kappa shape index (κ1) is 15.8. The Balaban J connectivity index is 1.53. The Labute approximate surface area is 137 Å². The zero-order valence-corrected chi connectivity index (χ0v) is 13.9. The van der Waals surface area contributed by atoms with Crippen LogP contribution in [0.4, 0.5) is 0 Å². The Kier molecular flexibility index (Phi) is 4.71. The lowest BCUT2D eigenvalue weighted by atomic mass is 9.89. The normalized spacial score (nSPS) is 26.4. The van der Waals surface area contributed by atoms with Crippen LogP contribution in [0.5, 0.6) is 0 Å². The number of piperazine rings is 1. The molecule has 22 heavy (non-hydrogen) atoms. The Morgan fingerprint density at radius 1 is 1.23 bits per heavy atom. The van der Waals surface area contributed by atoms with Gasteiger partial charge in [-0.25, -0.2) is 0 Å². The highest BCUT2D eigenvalue weighted by Crippen LogP contribution is 2.26. The van der Waals surface area contributed by atoms with Crippen LogP contribution in [0.2, 0.25) is 5.02 Å². The predicted molar refractivity (Wildman–Crippen MR) is 89.4 cm³/mol. The van der Waals surface area contributed by atoms with E-state index in [1.807, 2.05) is 17.0 Å². The molecule has 2 saturated heterocycles. The summed E-state index contributed by atoms with van der Waals surface area (Å²) in [5, 5.41) is 4.12. The minimum Gasteiger partial charge on any atom is -0.336 e. The van der Waals surface area contributed by atoms with E-state index in [2.05, 4.69) is 17.1 Å². The number of nitrogens with zero attached hydrogens (tertiary/aromatic N) is 2. The highest BCUT2D eigenvalue weighted by atomic mass is 35.5. The minimum atomic E-state index is 0.116. The third kappa shape index (κ3) is 3.62. The van der Waals surface area contributed by atoms with E-state index in [0.717, 1.165) is 51.4 Å². The predicted octanol–water partition coefficient (Wildman–Crippen LogP) is 2.10. The van der Waals surface area contributed by atoms with Crippen molar-refractivity contribution in [2.24, 2.45) is 5.41 Å². The molecule has 1 N–H and O–H groups in total. The van der Waals surface area contributed by atoms with E-state index in [1.165, 1.54) is 6.42 Å². The summed E-state index contributed by atoms with van der Waals surface area (Å²) < 4.78 is 0. The fraction of sp³-hybridized carbons (Fsp3) is 0.588. The number of nitrogens with one attached hydrogen (secondary N) is 1. The van der Waals surface area contributed by atoms with E-state index in [-0.39, 0.29) is 5.91 Å². The molecule has 0 saturated carbocycles. The molecule has 5 heteroatoms. The van der Waals surface area contributed by atoms with Gasteiger partial charge >= 0.3 is 0 Å². The lowest BCUT2D eigenvalue weighted by Gasteiger charge is -2.38. The van der Waals surface area contributed by atoms with E-state index in [0.29, 0.717) is 10.4 Å². The highest BCUT2D eigenvalue weighted by molar-refractivity contribution is 6.30. The number of benzene rings is 1. The monoisotopic (exact) mass is 321 g/mol. The topological polar surface area (TPSA) is 35.6 Å². The Morgan fingerprint density at radius 3 is 2.50 bits per heavy atom. The molecule has 0 aliphatic carbocycles. The van der Waals surface area contributed by atoms with Crippen LogP contribution in [0, 0.1) is 5.41 Å². The molecule has 2 aliphatic rings. The second-order valence-electron chi connectivity index (χ2n) is 6.81. The Hall–Kier alpha value is -1.10. The maximum absolute atomic E-state index is 12.5. The summed E-state index contributed by atoms with van der Waals surface area (Å²) >= 11 is 5.88. The van der Waals surface area contributed by atoms with Crippen molar-refractivity contribution >= 4 is 17.5 Å². The standard InChI is InChI=1S/C17H24ClN3O/c1-17(6-7-19-12-17)13-20-8-10-21(11-9-20)16(22)14-2-4-15(18)5-3-14/h2-5,19H,6-13H2,1H3. The number of rotatable bonds is 3. The third-order valence-corrected chi connectivity index (χ3v) is 5.07. The van der Waals surface area contributed by atoms with Crippen molar-refractivity contribution < 1.29 is 4.79 Å². The Morgan fingerprint density at radius 2 is 1.91 bits per heavy atom. The van der Waals surface area contributed by atoms with Crippen molar-refractivity contribution in [1.29, 1.82) is 0 Å². The van der Waals surface area contributed by atoms with Gasteiger partial charge in [0.05, 0.1) is 0 Å². The second-order valence-corrected chi connectivity index (χ2v) is 7.25. The zero-order valence-electron chi connectivity index (χ0n) is 13.1. The van der Waals surface area contributed by atoms with Gasteiger partial charge < -0.3 is 10.2 Å². The first-order valence-electron chi connectivity index (χ1n) is 8.04. The van der Waals surface area contributed by atoms with Crippen molar-refractivity contribution in [2.75, 3.05) is 45.8 Å². The molecular weight excluding hydrogens is 298 g/mol. The van der Waals surface area contributed by atoms with E-state index in [1.54, 1.807) is 12.1 Å². The van der Waals surface area contributed by atoms with Crippen LogP contribution in [-0.2, 0) is 0 Å². The molecular formula is C17H24ClN3O. The molecule has 2 aliphatic heterocycles. The molecule has 1 atom stereocenters. The summed E-state index contributed by atoms with van der Waals surface area (Å²) in [7, 11) is 0. The molecule has 1 unspecified atom stereocenters. The first-order chi connectivity index (χ1) is 10.6. The second kappa shape index (κ2) is 6.57. The van der Waals surface area contributed by atoms with Crippen molar-refractivity contribution in [1.82, 2.24) is 15.1 Å². The van der Waals surface area contributed by atoms with Crippen LogP contribution in [0.15, 0.2) is 24.3 Å². The van der Waals surface area contributed by atoms with Crippen molar-refractivity contribution in [2.45, 2.75) is 13.3 Å². The van der Waals surface area contributed by atoms with Crippen LogP contribution in [-0.4, -0.2) is 61.5 Å². The summed E-state index contributed by atoms with van der Waals surface area (Å²) in [6.45, 7) is 9.28. The van der Waals surface area contributed by atoms with Gasteiger partial charge in [-0.2, -0.15) is 0 Å². The molecule has 0 bridgehead atoms. The molecule has 1 amide bonds. The molecule has 4 nitrogen and oxygen atoms in total. The van der Waals surface area contributed by atoms with Gasteiger partial charge in [-0.05, 0) is 42.6 Å². The van der Waals surface area contributed by atoms with E-state index in [4.69, 9.17) is 11.6 Å². The summed E-state index contributed by atoms with van der Waals surface area (Å²) in [5.41, 5.74) is 1.12. The molecule has 3 rings (SSSR count). The van der Waals surface area contributed by atoms with Gasteiger partial charge in [0.25, 0.3) is 5.91 Å². The first-order valence-corrected chi connectivity index (χ1v) is 8.41. The zero-order chi connectivity index (χ0) is 15.6. The van der Waals surface area contributed by atoms with Crippen LogP contribution < -0.4 is 5.32 Å². The summed E-state index contributed by atoms with van der Waals surface area (Å²) in [4.78, 5) is 16.9. The maximum atomic E-state index is 12.5. The van der Waals surface area contributed by atoms with Crippen molar-refractivity contribution in [3.63, 3.8) is 0 Å². The van der Waals surface area contributed by atoms with Gasteiger partial charge in [0.1, 0.15) is 0 Å². The van der Waals surface area contributed by atoms with E-state index >= 15 is 0 Å². The molecule has 120 valence electrons. The van der Waals surface area contributed by atoms with Gasteiger partial charge in [-0.15, -0.1) is 0 Å². The lowest BCUT2D eigenvalue weighted by molar-refractivity contribution is 0.0581. The number of hydrogen-bond donors (Lipinski definition) is 1. The molecule has 0 spiro atoms. The smallest absolute Gasteiger partial charge is 0.253 e. The van der Waals surface area contributed by atoms with Crippen LogP contribution >= 0.6 is 11.6 Å². The quantitative estimate of drug-likeness (QED) is 0.926. The fourth-order valence-corrected chi connectivity index (χ4v) is 3.55. The van der Waals surface area contributed by atoms with Crippen molar-refractivity contribution in [3.8, 4) is 0 Å². The maximum Gasteiger partial charge on any atom is 0.253 e. The van der Waals surface area contributed by atoms with Gasteiger partial charge in [0.2, 0.25) is 0 Å². The average molecular weight is 322 g/mol. The summed E-state index contributed by atoms with van der Waals surface area (Å²) in [6, 6.07) is 7.17. The summed E-state index contributed by atoms with van der Waals surface area (Å²) in [5.74, 6) is 0.116. The minimum absolute atomic E-state index is 0.116. The largest absolute Gasteiger partial charge is 0.336 e. The van der Waals surface area contributed by atoms with Gasteiger partial charge in [-0.1, -0.05) is 18.5 Å². The molecule has 1 aromatic rings. The fourth-order valence-electron chi connectivity index (χ4n) is 3.43. The number of halogens is 1. The van der Waals surface area contributed by atoms with Gasteiger partial charge in [0, 0.05) is 49.9 Å². The van der Waals surface area contributed by atoms with E-state index in [9.17, 15) is 4.79 Å². The van der Waals surface area contributed by atoms with Gasteiger partial charge in [-0.3, -0.25) is 9.69 Å². The summed E-state index contributed by atoms with van der Waals surface area (Å²) in [6.07, 6.45) is 1.25. The third-order valence-electron chi connectivity index (χ3n) is 4.81. The van der Waals surface area contributed by atoms with Crippen LogP contribution in [0.1, 0.15) is 23.7 Å². The SMILES string of the molecule is CC1(CN2CCN(C(=O)c3ccc(Cl)cc3)CC2)CCNC1. The lowest BCUT2D eigenvalue weighted by Crippen LogP contribution is -2.51.